The van der Waals surface area contributed by atoms with Crippen LogP contribution in [0.15, 0.2) is 30.3 Å². The van der Waals surface area contributed by atoms with Crippen LogP contribution in [0.2, 0.25) is 0 Å². The lowest BCUT2D eigenvalue weighted by molar-refractivity contribution is 0.0857. The van der Waals surface area contributed by atoms with E-state index in [0.717, 1.165) is 0 Å². The first-order valence-corrected chi connectivity index (χ1v) is 8.47. The van der Waals surface area contributed by atoms with Gasteiger partial charge in [-0.05, 0) is 12.1 Å². The smallest absolute Gasteiger partial charge is 0.366 e. The van der Waals surface area contributed by atoms with Crippen molar-refractivity contribution < 1.29 is 38.2 Å². The Kier molecular flexibility index (Phi) is 5.70. The lowest BCUT2D eigenvalue weighted by atomic mass is 10.3. The van der Waals surface area contributed by atoms with Gasteiger partial charge in [0.15, 0.2) is 0 Å². The van der Waals surface area contributed by atoms with Crippen LogP contribution in [0, 0.1) is 0 Å². The lowest BCUT2D eigenvalue weighted by Crippen LogP contribution is -2.17. The Hall–Kier alpha value is -0.720. The minimum atomic E-state index is -5.05. The molecule has 0 unspecified atom stereocenters. The first-order valence-electron chi connectivity index (χ1n) is 5.11. The molecule has 0 aliphatic heterocycles. The van der Waals surface area contributed by atoms with E-state index >= 15 is 0 Å². The molecule has 19 heavy (non-hydrogen) atoms. The van der Waals surface area contributed by atoms with Gasteiger partial charge in [0.2, 0.25) is 0 Å². The third-order valence-electron chi connectivity index (χ3n) is 1.94. The van der Waals surface area contributed by atoms with Gasteiger partial charge in [-0.1, -0.05) is 18.2 Å². The first kappa shape index (κ1) is 16.3. The molecule has 0 radical (unpaired) electrons. The van der Waals surface area contributed by atoms with E-state index in [2.05, 4.69) is 4.74 Å². The molecule has 0 spiro atoms. The highest BCUT2D eigenvalue weighted by Crippen LogP contribution is 2.60. The molecule has 0 heterocycles. The zero-order valence-corrected chi connectivity index (χ0v) is 11.5. The summed E-state index contributed by atoms with van der Waals surface area (Å²) in [6.45, 7) is -0.462. The van der Waals surface area contributed by atoms with E-state index in [-0.39, 0.29) is 13.2 Å². The maximum absolute atomic E-state index is 10.9. The summed E-state index contributed by atoms with van der Waals surface area (Å²) < 4.78 is 31.4. The van der Waals surface area contributed by atoms with Crippen molar-refractivity contribution in [3.05, 3.63) is 30.3 Å². The molecular formula is C9H14O8P2. The molecule has 4 N–H and O–H groups in total. The molecule has 1 rings (SSSR count). The predicted molar refractivity (Wildman–Crippen MR) is 65.8 cm³/mol. The summed E-state index contributed by atoms with van der Waals surface area (Å²) in [6.07, 6.45) is 0. The van der Waals surface area contributed by atoms with E-state index in [1.54, 1.807) is 30.3 Å². The van der Waals surface area contributed by atoms with Gasteiger partial charge in [-0.25, -0.2) is 0 Å². The van der Waals surface area contributed by atoms with Gasteiger partial charge < -0.3 is 29.0 Å². The monoisotopic (exact) mass is 312 g/mol. The van der Waals surface area contributed by atoms with Crippen LogP contribution >= 0.6 is 15.2 Å². The van der Waals surface area contributed by atoms with Gasteiger partial charge in [0.1, 0.15) is 12.4 Å². The van der Waals surface area contributed by atoms with Crippen molar-refractivity contribution in [1.29, 1.82) is 0 Å². The van der Waals surface area contributed by atoms with Crippen LogP contribution in [0.3, 0.4) is 0 Å². The Balaban J connectivity index is 2.46. The van der Waals surface area contributed by atoms with Crippen molar-refractivity contribution in [2.24, 2.45) is 0 Å². The summed E-state index contributed by atoms with van der Waals surface area (Å²) in [5.41, 5.74) is -2.46. The standard InChI is InChI=1S/C9H14O8P2/c10-18(11,12)9(19(13,14)15)17-7-6-16-8-4-2-1-3-5-8/h1-5,9H,6-7H2,(H2,10,11,12)(H2,13,14,15). The second-order valence-corrected chi connectivity index (χ2v) is 7.24. The molecule has 108 valence electrons. The Morgan fingerprint density at radius 3 is 1.95 bits per heavy atom. The Labute approximate surface area is 109 Å². The second kappa shape index (κ2) is 6.63. The number of para-hydroxylation sites is 1. The molecule has 0 aromatic heterocycles. The Morgan fingerprint density at radius 1 is 0.947 bits per heavy atom. The molecule has 10 heteroatoms. The van der Waals surface area contributed by atoms with Gasteiger partial charge in [-0.3, -0.25) is 9.13 Å². The molecule has 0 aliphatic rings. The summed E-state index contributed by atoms with van der Waals surface area (Å²) in [4.78, 5) is 35.1. The minimum Gasteiger partial charge on any atom is -0.491 e. The zero-order valence-electron chi connectivity index (χ0n) is 9.69. The summed E-state index contributed by atoms with van der Waals surface area (Å²) in [5.74, 6) is 0.509. The van der Waals surface area contributed by atoms with Gasteiger partial charge in [0.05, 0.1) is 6.61 Å². The van der Waals surface area contributed by atoms with Crippen molar-refractivity contribution in [3.63, 3.8) is 0 Å². The van der Waals surface area contributed by atoms with E-state index in [0.29, 0.717) is 5.75 Å². The molecule has 0 bridgehead atoms. The molecule has 0 saturated carbocycles. The maximum Gasteiger partial charge on any atom is 0.366 e. The highest BCUT2D eigenvalue weighted by atomic mass is 31.2. The number of ether oxygens (including phenoxy) is 2. The number of rotatable bonds is 7. The number of hydrogen-bond acceptors (Lipinski definition) is 4. The van der Waals surface area contributed by atoms with E-state index in [1.807, 2.05) is 0 Å². The van der Waals surface area contributed by atoms with Gasteiger partial charge in [-0.15, -0.1) is 0 Å². The highest BCUT2D eigenvalue weighted by molar-refractivity contribution is 7.70. The fourth-order valence-electron chi connectivity index (χ4n) is 1.22. The fraction of sp³-hybridized carbons (Fsp3) is 0.333. The normalized spacial score (nSPS) is 12.7. The van der Waals surface area contributed by atoms with Gasteiger partial charge in [0, 0.05) is 0 Å². The Bertz CT molecular complexity index is 456. The minimum absolute atomic E-state index is 0.0967. The average Bonchev–Trinajstić information content (AvgIpc) is 2.26. The first-order chi connectivity index (χ1) is 8.71. The highest BCUT2D eigenvalue weighted by Gasteiger charge is 2.44. The van der Waals surface area contributed by atoms with Gasteiger partial charge in [-0.2, -0.15) is 0 Å². The van der Waals surface area contributed by atoms with Crippen molar-refractivity contribution in [1.82, 2.24) is 0 Å². The van der Waals surface area contributed by atoms with Crippen LogP contribution in [0.1, 0.15) is 0 Å². The molecular weight excluding hydrogens is 298 g/mol. The van der Waals surface area contributed by atoms with Crippen LogP contribution < -0.4 is 4.74 Å². The van der Waals surface area contributed by atoms with Gasteiger partial charge >= 0.3 is 15.2 Å². The van der Waals surface area contributed by atoms with E-state index in [9.17, 15) is 9.13 Å². The van der Waals surface area contributed by atoms with Gasteiger partial charge in [0.25, 0.3) is 5.59 Å². The maximum atomic E-state index is 10.9. The molecule has 8 nitrogen and oxygen atoms in total. The fourth-order valence-corrected chi connectivity index (χ4v) is 3.39. The molecule has 0 amide bonds. The summed E-state index contributed by atoms with van der Waals surface area (Å²) in [7, 11) is -10.1. The van der Waals surface area contributed by atoms with E-state index in [1.165, 1.54) is 0 Å². The quantitative estimate of drug-likeness (QED) is 0.427. The third-order valence-corrected chi connectivity index (χ3v) is 5.19. The topological polar surface area (TPSA) is 134 Å². The van der Waals surface area contributed by atoms with Crippen molar-refractivity contribution >= 4 is 15.2 Å². The predicted octanol–water partition coefficient (Wildman–Crippen LogP) is 0.721. The van der Waals surface area contributed by atoms with Crippen LogP contribution in [0.4, 0.5) is 0 Å². The van der Waals surface area contributed by atoms with Crippen molar-refractivity contribution in [3.8, 4) is 5.75 Å². The zero-order chi connectivity index (χ0) is 14.5. The molecule has 0 atom stereocenters. The third kappa shape index (κ3) is 5.84. The van der Waals surface area contributed by atoms with Crippen LogP contribution in [0.5, 0.6) is 5.75 Å². The second-order valence-electron chi connectivity index (χ2n) is 3.54. The Morgan fingerprint density at radius 2 is 1.47 bits per heavy atom. The summed E-state index contributed by atoms with van der Waals surface area (Å²) in [6, 6.07) is 8.54. The summed E-state index contributed by atoms with van der Waals surface area (Å²) in [5, 5.41) is 0. The van der Waals surface area contributed by atoms with Crippen molar-refractivity contribution in [2.75, 3.05) is 13.2 Å². The SMILES string of the molecule is O=P(O)(O)C(OCCOc1ccccc1)P(=O)(O)O. The lowest BCUT2D eigenvalue weighted by Gasteiger charge is -2.19. The molecule has 0 saturated heterocycles. The van der Waals surface area contributed by atoms with Crippen LogP contribution in [-0.4, -0.2) is 38.4 Å². The number of benzene rings is 1. The van der Waals surface area contributed by atoms with E-state index in [4.69, 9.17) is 24.3 Å². The largest absolute Gasteiger partial charge is 0.491 e. The molecule has 1 aromatic rings. The van der Waals surface area contributed by atoms with Crippen LogP contribution in [0.25, 0.3) is 0 Å². The molecule has 1 aromatic carbocycles. The molecule has 0 aliphatic carbocycles. The molecule has 0 fully saturated rings. The number of hydrogen-bond donors (Lipinski definition) is 4. The van der Waals surface area contributed by atoms with E-state index < -0.39 is 20.8 Å². The average molecular weight is 312 g/mol. The summed E-state index contributed by atoms with van der Waals surface area (Å²) >= 11 is 0. The van der Waals surface area contributed by atoms with Crippen LogP contribution in [-0.2, 0) is 13.9 Å². The van der Waals surface area contributed by atoms with Crippen molar-refractivity contribution in [2.45, 2.75) is 5.59 Å².